The van der Waals surface area contributed by atoms with Crippen LogP contribution in [0, 0.1) is 0 Å². The third kappa shape index (κ3) is 5.98. The summed E-state index contributed by atoms with van der Waals surface area (Å²) < 4.78 is 22.1. The number of nitrogens with two attached hydrogens (primary N) is 1. The predicted octanol–water partition coefficient (Wildman–Crippen LogP) is 1.43. The molecule has 1 aromatic carbocycles. The Morgan fingerprint density at radius 2 is 1.71 bits per heavy atom. The minimum absolute atomic E-state index is 0.134. The Bertz CT molecular complexity index is 777. The van der Waals surface area contributed by atoms with Gasteiger partial charge in [-0.2, -0.15) is 0 Å². The van der Waals surface area contributed by atoms with E-state index in [1.54, 1.807) is 36.7 Å². The van der Waals surface area contributed by atoms with Crippen LogP contribution < -0.4 is 15.8 Å². The van der Waals surface area contributed by atoms with E-state index >= 15 is 0 Å². The molecule has 2 rings (SSSR count). The maximum atomic E-state index is 11.9. The highest BCUT2D eigenvalue weighted by Crippen LogP contribution is 2.10. The van der Waals surface area contributed by atoms with E-state index in [1.165, 1.54) is 0 Å². The van der Waals surface area contributed by atoms with Crippen LogP contribution in [0.25, 0.3) is 0 Å². The van der Waals surface area contributed by atoms with Crippen molar-refractivity contribution in [3.05, 3.63) is 65.5 Å². The summed E-state index contributed by atoms with van der Waals surface area (Å²) in [5, 5.41) is 10.6. The first-order valence-electron chi connectivity index (χ1n) is 7.36. The quantitative estimate of drug-likeness (QED) is 0.732. The summed E-state index contributed by atoms with van der Waals surface area (Å²) in [6, 6.07) is 10.1. The number of benzene rings is 1. The van der Waals surface area contributed by atoms with Crippen molar-refractivity contribution < 1.29 is 13.2 Å². The van der Waals surface area contributed by atoms with Gasteiger partial charge in [0.15, 0.2) is 0 Å². The molecule has 0 spiro atoms. The highest BCUT2D eigenvalue weighted by atomic mass is 32.2. The molecule has 4 N–H and O–H groups in total. The monoisotopic (exact) mass is 348 g/mol. The molecule has 1 unspecified atom stereocenters. The maximum Gasteiger partial charge on any atom is 0.315 e. The lowest BCUT2D eigenvalue weighted by Gasteiger charge is -2.15. The zero-order chi connectivity index (χ0) is 17.6. The fraction of sp³-hybridized carbons (Fsp3) is 0.250. The van der Waals surface area contributed by atoms with Gasteiger partial charge in [-0.3, -0.25) is 4.98 Å². The van der Waals surface area contributed by atoms with Gasteiger partial charge in [-0.25, -0.2) is 18.4 Å². The van der Waals surface area contributed by atoms with Crippen LogP contribution in [0.4, 0.5) is 4.79 Å². The van der Waals surface area contributed by atoms with Gasteiger partial charge in [0, 0.05) is 18.9 Å². The lowest BCUT2D eigenvalue weighted by atomic mass is 10.1. The summed E-state index contributed by atoms with van der Waals surface area (Å²) in [5.41, 5.74) is 2.43. The number of sulfonamides is 1. The summed E-state index contributed by atoms with van der Waals surface area (Å²) in [6.07, 6.45) is 3.35. The SMILES string of the molecule is CC(NC(=O)NCc1ccc(CS(N)(=O)=O)cc1)c1ccncc1. The van der Waals surface area contributed by atoms with Crippen LogP contribution in [0.1, 0.15) is 29.7 Å². The largest absolute Gasteiger partial charge is 0.334 e. The van der Waals surface area contributed by atoms with Crippen molar-refractivity contribution in [3.63, 3.8) is 0 Å². The number of carbonyl (C=O) groups is 1. The molecular weight excluding hydrogens is 328 g/mol. The van der Waals surface area contributed by atoms with E-state index in [9.17, 15) is 13.2 Å². The molecule has 2 aromatic rings. The Labute approximate surface area is 141 Å². The average Bonchev–Trinajstić information content (AvgIpc) is 2.53. The first-order valence-corrected chi connectivity index (χ1v) is 9.07. The highest BCUT2D eigenvalue weighted by molar-refractivity contribution is 7.88. The Kier molecular flexibility index (Phi) is 5.88. The fourth-order valence-electron chi connectivity index (χ4n) is 2.15. The second-order valence-electron chi connectivity index (χ2n) is 5.45. The minimum atomic E-state index is -3.54. The van der Waals surface area contributed by atoms with Gasteiger partial charge in [-0.1, -0.05) is 24.3 Å². The zero-order valence-electron chi connectivity index (χ0n) is 13.3. The molecule has 7 nitrogen and oxygen atoms in total. The van der Waals surface area contributed by atoms with E-state index in [0.717, 1.165) is 11.1 Å². The molecular formula is C16H20N4O3S. The number of amides is 2. The lowest BCUT2D eigenvalue weighted by Crippen LogP contribution is -2.36. The number of primary sulfonamides is 1. The average molecular weight is 348 g/mol. The Balaban J connectivity index is 1.83. The highest BCUT2D eigenvalue weighted by Gasteiger charge is 2.09. The lowest BCUT2D eigenvalue weighted by molar-refractivity contribution is 0.237. The Hall–Kier alpha value is -2.45. The summed E-state index contributed by atoms with van der Waals surface area (Å²) in [6.45, 7) is 2.22. The van der Waals surface area contributed by atoms with Gasteiger partial charge in [-0.15, -0.1) is 0 Å². The Morgan fingerprint density at radius 1 is 1.12 bits per heavy atom. The molecule has 2 amide bonds. The minimum Gasteiger partial charge on any atom is -0.334 e. The van der Waals surface area contributed by atoms with Crippen LogP contribution in [-0.4, -0.2) is 19.4 Å². The number of hydrogen-bond acceptors (Lipinski definition) is 4. The van der Waals surface area contributed by atoms with Crippen LogP contribution in [-0.2, 0) is 22.3 Å². The summed E-state index contributed by atoms with van der Waals surface area (Å²) in [7, 11) is -3.54. The molecule has 0 saturated carbocycles. The zero-order valence-corrected chi connectivity index (χ0v) is 14.1. The van der Waals surface area contributed by atoms with Gasteiger partial charge in [0.2, 0.25) is 10.0 Å². The van der Waals surface area contributed by atoms with Crippen molar-refractivity contribution in [3.8, 4) is 0 Å². The molecule has 0 radical (unpaired) electrons. The molecule has 8 heteroatoms. The van der Waals surface area contributed by atoms with Crippen LogP contribution in [0.15, 0.2) is 48.8 Å². The van der Waals surface area contributed by atoms with E-state index < -0.39 is 10.0 Å². The van der Waals surface area contributed by atoms with Crippen molar-refractivity contribution in [1.29, 1.82) is 0 Å². The molecule has 0 aliphatic heterocycles. The van der Waals surface area contributed by atoms with Crippen molar-refractivity contribution in [2.24, 2.45) is 5.14 Å². The number of nitrogens with one attached hydrogen (secondary N) is 2. The molecule has 1 aromatic heterocycles. The first kappa shape index (κ1) is 17.9. The van der Waals surface area contributed by atoms with E-state index in [2.05, 4.69) is 15.6 Å². The second-order valence-corrected chi connectivity index (χ2v) is 7.07. The molecule has 0 aliphatic carbocycles. The number of carbonyl (C=O) groups excluding carboxylic acids is 1. The number of hydrogen-bond donors (Lipinski definition) is 3. The summed E-state index contributed by atoms with van der Waals surface area (Å²) in [5.74, 6) is -0.204. The molecule has 0 saturated heterocycles. The van der Waals surface area contributed by atoms with Crippen LogP contribution in [0.5, 0.6) is 0 Å². The van der Waals surface area contributed by atoms with Crippen LogP contribution in [0.2, 0.25) is 0 Å². The topological polar surface area (TPSA) is 114 Å². The maximum absolute atomic E-state index is 11.9. The molecule has 0 aliphatic rings. The smallest absolute Gasteiger partial charge is 0.315 e. The number of nitrogens with zero attached hydrogens (tertiary/aromatic N) is 1. The second kappa shape index (κ2) is 7.89. The number of aromatic nitrogens is 1. The number of pyridine rings is 1. The Morgan fingerprint density at radius 3 is 2.29 bits per heavy atom. The van der Waals surface area contributed by atoms with E-state index in [0.29, 0.717) is 12.1 Å². The van der Waals surface area contributed by atoms with Crippen molar-refractivity contribution in [2.75, 3.05) is 0 Å². The molecule has 128 valence electrons. The molecule has 1 heterocycles. The molecule has 24 heavy (non-hydrogen) atoms. The molecule has 0 fully saturated rings. The number of urea groups is 1. The fourth-order valence-corrected chi connectivity index (χ4v) is 2.81. The van der Waals surface area contributed by atoms with Gasteiger partial charge >= 0.3 is 6.03 Å². The van der Waals surface area contributed by atoms with Gasteiger partial charge in [-0.05, 0) is 35.7 Å². The summed E-state index contributed by atoms with van der Waals surface area (Å²) >= 11 is 0. The van der Waals surface area contributed by atoms with E-state index in [4.69, 9.17) is 5.14 Å². The normalized spacial score (nSPS) is 12.4. The molecule has 1 atom stereocenters. The van der Waals surface area contributed by atoms with Gasteiger partial charge in [0.05, 0.1) is 11.8 Å². The number of rotatable bonds is 6. The van der Waals surface area contributed by atoms with Gasteiger partial charge < -0.3 is 10.6 Å². The summed E-state index contributed by atoms with van der Waals surface area (Å²) in [4.78, 5) is 15.9. The third-order valence-electron chi connectivity index (χ3n) is 3.40. The van der Waals surface area contributed by atoms with E-state index in [-0.39, 0.29) is 17.8 Å². The first-order chi connectivity index (χ1) is 11.3. The van der Waals surface area contributed by atoms with Crippen molar-refractivity contribution >= 4 is 16.1 Å². The van der Waals surface area contributed by atoms with Crippen LogP contribution in [0.3, 0.4) is 0 Å². The van der Waals surface area contributed by atoms with Crippen molar-refractivity contribution in [2.45, 2.75) is 25.3 Å². The standard InChI is InChI=1S/C16H20N4O3S/c1-12(15-6-8-18-9-7-15)20-16(21)19-10-13-2-4-14(5-3-13)11-24(17,22)23/h2-9,12H,10-11H2,1H3,(H2,17,22,23)(H2,19,20,21). The van der Waals surface area contributed by atoms with Gasteiger partial charge in [0.25, 0.3) is 0 Å². The van der Waals surface area contributed by atoms with E-state index in [1.807, 2.05) is 19.1 Å². The van der Waals surface area contributed by atoms with Crippen molar-refractivity contribution in [1.82, 2.24) is 15.6 Å². The van der Waals surface area contributed by atoms with Gasteiger partial charge in [0.1, 0.15) is 0 Å². The third-order valence-corrected chi connectivity index (χ3v) is 4.13. The van der Waals surface area contributed by atoms with Crippen LogP contribution >= 0.6 is 0 Å². The molecule has 0 bridgehead atoms. The predicted molar refractivity (Wildman–Crippen MR) is 91.3 cm³/mol.